The van der Waals surface area contributed by atoms with Crippen LogP contribution >= 0.6 is 0 Å². The Morgan fingerprint density at radius 2 is 2.21 bits per heavy atom. The van der Waals surface area contributed by atoms with E-state index in [9.17, 15) is 9.59 Å². The van der Waals surface area contributed by atoms with Gasteiger partial charge in [0.25, 0.3) is 0 Å². The average Bonchev–Trinajstić information content (AvgIpc) is 2.85. The normalized spacial score (nSPS) is 25.7. The number of nitrogens with one attached hydrogen (secondary N) is 3. The highest BCUT2D eigenvalue weighted by atomic mass is 16.2. The minimum Gasteiger partial charge on any atom is -0.352 e. The minimum absolute atomic E-state index is 0.0828. The Morgan fingerprint density at radius 1 is 1.43 bits per heavy atom. The number of carbonyl (C=O) groups is 2. The summed E-state index contributed by atoms with van der Waals surface area (Å²) in [6, 6.07) is 0.384. The maximum atomic E-state index is 11.2. The van der Waals surface area contributed by atoms with Crippen LogP contribution in [-0.4, -0.2) is 30.6 Å². The molecule has 1 unspecified atom stereocenters. The van der Waals surface area contributed by atoms with E-state index in [2.05, 4.69) is 16.0 Å². The van der Waals surface area contributed by atoms with Crippen LogP contribution in [0.15, 0.2) is 0 Å². The quantitative estimate of drug-likeness (QED) is 0.582. The standard InChI is InChI=1S/C9H15N3O2/c13-8-4-3-7(11-8)5-10-9(14)12-6-1-2-6/h6-7H,1-5H2,(H,11,13)(H2,10,12,14). The fourth-order valence-corrected chi connectivity index (χ4v) is 1.51. The van der Waals surface area contributed by atoms with Gasteiger partial charge in [0, 0.05) is 25.0 Å². The van der Waals surface area contributed by atoms with Crippen LogP contribution in [0.3, 0.4) is 0 Å². The predicted molar refractivity (Wildman–Crippen MR) is 50.7 cm³/mol. The Kier molecular flexibility index (Phi) is 2.56. The van der Waals surface area contributed by atoms with Crippen molar-refractivity contribution in [2.75, 3.05) is 6.54 Å². The number of hydrogen-bond donors (Lipinski definition) is 3. The fraction of sp³-hybridized carbons (Fsp3) is 0.778. The summed E-state index contributed by atoms with van der Waals surface area (Å²) >= 11 is 0. The van der Waals surface area contributed by atoms with Crippen molar-refractivity contribution < 1.29 is 9.59 Å². The third-order valence-corrected chi connectivity index (χ3v) is 2.51. The van der Waals surface area contributed by atoms with Crippen molar-refractivity contribution >= 4 is 11.9 Å². The second kappa shape index (κ2) is 3.86. The summed E-state index contributed by atoms with van der Waals surface area (Å²) in [7, 11) is 0. The second-order valence-corrected chi connectivity index (χ2v) is 3.93. The van der Waals surface area contributed by atoms with Crippen LogP contribution in [0.5, 0.6) is 0 Å². The van der Waals surface area contributed by atoms with Crippen LogP contribution in [0, 0.1) is 0 Å². The van der Waals surface area contributed by atoms with Crippen LogP contribution in [0.2, 0.25) is 0 Å². The van der Waals surface area contributed by atoms with E-state index in [1.807, 2.05) is 0 Å². The molecule has 1 saturated heterocycles. The number of carbonyl (C=O) groups excluding carboxylic acids is 2. The summed E-state index contributed by atoms with van der Waals surface area (Å²) in [5, 5.41) is 8.37. The number of hydrogen-bond acceptors (Lipinski definition) is 2. The van der Waals surface area contributed by atoms with E-state index >= 15 is 0 Å². The lowest BCUT2D eigenvalue weighted by Crippen LogP contribution is -2.43. The van der Waals surface area contributed by atoms with E-state index in [-0.39, 0.29) is 18.0 Å². The Labute approximate surface area is 82.6 Å². The number of rotatable bonds is 3. The molecule has 0 bridgehead atoms. The number of amides is 3. The molecule has 1 saturated carbocycles. The van der Waals surface area contributed by atoms with Crippen molar-refractivity contribution in [3.63, 3.8) is 0 Å². The monoisotopic (exact) mass is 197 g/mol. The van der Waals surface area contributed by atoms with Gasteiger partial charge in [0.1, 0.15) is 0 Å². The molecule has 0 spiro atoms. The Balaban J connectivity index is 1.61. The van der Waals surface area contributed by atoms with Crippen molar-refractivity contribution in [3.05, 3.63) is 0 Å². The van der Waals surface area contributed by atoms with Gasteiger partial charge in [0.2, 0.25) is 5.91 Å². The molecule has 5 heteroatoms. The van der Waals surface area contributed by atoms with Crippen LogP contribution < -0.4 is 16.0 Å². The summed E-state index contributed by atoms with van der Waals surface area (Å²) in [5.74, 6) is 0.0828. The highest BCUT2D eigenvalue weighted by Gasteiger charge is 2.24. The molecule has 1 aliphatic heterocycles. The summed E-state index contributed by atoms with van der Waals surface area (Å²) in [6.45, 7) is 0.532. The first kappa shape index (κ1) is 9.30. The van der Waals surface area contributed by atoms with Gasteiger partial charge in [-0.25, -0.2) is 4.79 Å². The van der Waals surface area contributed by atoms with Gasteiger partial charge in [0.15, 0.2) is 0 Å². The van der Waals surface area contributed by atoms with E-state index in [0.29, 0.717) is 19.0 Å². The summed E-state index contributed by atoms with van der Waals surface area (Å²) in [4.78, 5) is 22.0. The zero-order valence-corrected chi connectivity index (χ0v) is 8.01. The lowest BCUT2D eigenvalue weighted by atomic mass is 10.2. The summed E-state index contributed by atoms with van der Waals surface area (Å²) in [6.07, 6.45) is 3.58. The molecular weight excluding hydrogens is 182 g/mol. The van der Waals surface area contributed by atoms with Crippen molar-refractivity contribution in [1.29, 1.82) is 0 Å². The zero-order valence-electron chi connectivity index (χ0n) is 8.01. The van der Waals surface area contributed by atoms with Crippen molar-refractivity contribution in [2.24, 2.45) is 0 Å². The minimum atomic E-state index is -0.117. The molecule has 1 heterocycles. The predicted octanol–water partition coefficient (Wildman–Crippen LogP) is -0.273. The first-order chi connectivity index (χ1) is 6.74. The maximum Gasteiger partial charge on any atom is 0.315 e. The lowest BCUT2D eigenvalue weighted by molar-refractivity contribution is -0.119. The van der Waals surface area contributed by atoms with Crippen molar-refractivity contribution in [3.8, 4) is 0 Å². The van der Waals surface area contributed by atoms with Crippen LogP contribution in [0.1, 0.15) is 25.7 Å². The van der Waals surface area contributed by atoms with Crippen molar-refractivity contribution in [2.45, 2.75) is 37.8 Å². The molecule has 3 N–H and O–H groups in total. The summed E-state index contributed by atoms with van der Waals surface area (Å²) in [5.41, 5.74) is 0. The molecule has 0 aromatic carbocycles. The molecular formula is C9H15N3O2. The van der Waals surface area contributed by atoms with Gasteiger partial charge in [-0.3, -0.25) is 4.79 Å². The molecule has 1 atom stereocenters. The first-order valence-electron chi connectivity index (χ1n) is 5.08. The summed E-state index contributed by atoms with van der Waals surface area (Å²) < 4.78 is 0. The van der Waals surface area contributed by atoms with Gasteiger partial charge >= 0.3 is 6.03 Å². The Hall–Kier alpha value is -1.26. The van der Waals surface area contributed by atoms with Gasteiger partial charge in [-0.05, 0) is 19.3 Å². The molecule has 78 valence electrons. The van der Waals surface area contributed by atoms with Gasteiger partial charge in [-0.2, -0.15) is 0 Å². The third kappa shape index (κ3) is 2.61. The molecule has 2 rings (SSSR count). The maximum absolute atomic E-state index is 11.2. The molecule has 2 fully saturated rings. The van der Waals surface area contributed by atoms with E-state index in [0.717, 1.165) is 19.3 Å². The molecule has 5 nitrogen and oxygen atoms in total. The third-order valence-electron chi connectivity index (χ3n) is 2.51. The van der Waals surface area contributed by atoms with E-state index in [1.165, 1.54) is 0 Å². The Morgan fingerprint density at radius 3 is 2.79 bits per heavy atom. The average molecular weight is 197 g/mol. The van der Waals surface area contributed by atoms with Crippen LogP contribution in [0.4, 0.5) is 4.79 Å². The lowest BCUT2D eigenvalue weighted by Gasteiger charge is -2.11. The molecule has 0 aromatic heterocycles. The molecule has 1 aliphatic carbocycles. The topological polar surface area (TPSA) is 70.2 Å². The van der Waals surface area contributed by atoms with Crippen LogP contribution in [-0.2, 0) is 4.79 Å². The fourth-order valence-electron chi connectivity index (χ4n) is 1.51. The van der Waals surface area contributed by atoms with Crippen molar-refractivity contribution in [1.82, 2.24) is 16.0 Å². The highest BCUT2D eigenvalue weighted by Crippen LogP contribution is 2.18. The van der Waals surface area contributed by atoms with Gasteiger partial charge in [0.05, 0.1) is 0 Å². The van der Waals surface area contributed by atoms with Gasteiger partial charge < -0.3 is 16.0 Å². The molecule has 14 heavy (non-hydrogen) atoms. The molecule has 0 aromatic rings. The molecule has 0 radical (unpaired) electrons. The second-order valence-electron chi connectivity index (χ2n) is 3.93. The van der Waals surface area contributed by atoms with E-state index in [4.69, 9.17) is 0 Å². The van der Waals surface area contributed by atoms with E-state index in [1.54, 1.807) is 0 Å². The van der Waals surface area contributed by atoms with Crippen LogP contribution in [0.25, 0.3) is 0 Å². The molecule has 3 amide bonds. The highest BCUT2D eigenvalue weighted by molar-refractivity contribution is 5.79. The number of urea groups is 1. The largest absolute Gasteiger partial charge is 0.352 e. The smallest absolute Gasteiger partial charge is 0.315 e. The molecule has 2 aliphatic rings. The Bertz CT molecular complexity index is 250. The van der Waals surface area contributed by atoms with Gasteiger partial charge in [-0.1, -0.05) is 0 Å². The van der Waals surface area contributed by atoms with Gasteiger partial charge in [-0.15, -0.1) is 0 Å². The SMILES string of the molecule is O=C1CCC(CNC(=O)NC2CC2)N1. The first-order valence-corrected chi connectivity index (χ1v) is 5.08. The van der Waals surface area contributed by atoms with E-state index < -0.39 is 0 Å². The zero-order chi connectivity index (χ0) is 9.97.